The number of carbonyl (C=O) groups excluding carboxylic acids is 1. The van der Waals surface area contributed by atoms with Crippen molar-refractivity contribution < 1.29 is 19.4 Å². The van der Waals surface area contributed by atoms with Gasteiger partial charge in [0, 0.05) is 26.8 Å². The molecule has 1 aromatic rings. The molecule has 0 aliphatic heterocycles. The average molecular weight is 308 g/mol. The van der Waals surface area contributed by atoms with Crippen molar-refractivity contribution in [3.05, 3.63) is 35.4 Å². The SMILES string of the molecule is COCCC(C)(C)CNC(=O)NCc1ccc(C(=O)O)cc1. The Morgan fingerprint density at radius 3 is 2.36 bits per heavy atom. The first-order chi connectivity index (χ1) is 10.3. The minimum Gasteiger partial charge on any atom is -0.478 e. The molecular formula is C16H24N2O4. The van der Waals surface area contributed by atoms with E-state index in [1.165, 1.54) is 12.1 Å². The smallest absolute Gasteiger partial charge is 0.335 e. The van der Waals surface area contributed by atoms with E-state index in [1.54, 1.807) is 19.2 Å². The summed E-state index contributed by atoms with van der Waals surface area (Å²) in [4.78, 5) is 22.5. The molecule has 6 heteroatoms. The van der Waals surface area contributed by atoms with Crippen LogP contribution in [0.25, 0.3) is 0 Å². The first kappa shape index (κ1) is 18.0. The van der Waals surface area contributed by atoms with Crippen LogP contribution in [0, 0.1) is 5.41 Å². The molecule has 0 bridgehead atoms. The van der Waals surface area contributed by atoms with Crippen LogP contribution in [0.1, 0.15) is 36.2 Å². The molecule has 0 saturated heterocycles. The Hall–Kier alpha value is -2.08. The fraction of sp³-hybridized carbons (Fsp3) is 0.500. The van der Waals surface area contributed by atoms with Gasteiger partial charge in [-0.2, -0.15) is 0 Å². The number of carboxylic acid groups (broad SMARTS) is 1. The van der Waals surface area contributed by atoms with Gasteiger partial charge in [-0.3, -0.25) is 0 Å². The second-order valence-corrected chi connectivity index (χ2v) is 5.95. The molecule has 122 valence electrons. The molecule has 2 amide bonds. The number of hydrogen-bond donors (Lipinski definition) is 3. The predicted molar refractivity (Wildman–Crippen MR) is 83.9 cm³/mol. The molecule has 0 radical (unpaired) electrons. The van der Waals surface area contributed by atoms with Gasteiger partial charge in [-0.15, -0.1) is 0 Å². The molecule has 6 nitrogen and oxygen atoms in total. The minimum atomic E-state index is -0.962. The number of nitrogens with one attached hydrogen (secondary N) is 2. The van der Waals surface area contributed by atoms with Crippen molar-refractivity contribution >= 4 is 12.0 Å². The number of methoxy groups -OCH3 is 1. The van der Waals surface area contributed by atoms with Crippen LogP contribution in [0.5, 0.6) is 0 Å². The Labute approximate surface area is 130 Å². The van der Waals surface area contributed by atoms with Crippen LogP contribution in [0.2, 0.25) is 0 Å². The normalized spacial score (nSPS) is 11.0. The molecule has 0 aliphatic carbocycles. The maximum atomic E-state index is 11.8. The van der Waals surface area contributed by atoms with Crippen molar-refractivity contribution in [2.75, 3.05) is 20.3 Å². The van der Waals surface area contributed by atoms with Gasteiger partial charge in [0.25, 0.3) is 0 Å². The minimum absolute atomic E-state index is 0.0313. The lowest BCUT2D eigenvalue weighted by Gasteiger charge is -2.24. The molecule has 0 aliphatic rings. The van der Waals surface area contributed by atoms with Crippen LogP contribution in [0.4, 0.5) is 4.79 Å². The zero-order valence-electron chi connectivity index (χ0n) is 13.3. The molecule has 0 heterocycles. The third-order valence-corrected chi connectivity index (χ3v) is 3.36. The van der Waals surface area contributed by atoms with Crippen molar-refractivity contribution in [1.82, 2.24) is 10.6 Å². The number of carbonyl (C=O) groups is 2. The number of amides is 2. The van der Waals surface area contributed by atoms with Gasteiger partial charge in [-0.25, -0.2) is 9.59 Å². The zero-order valence-corrected chi connectivity index (χ0v) is 13.3. The van der Waals surface area contributed by atoms with Crippen LogP contribution in [-0.2, 0) is 11.3 Å². The van der Waals surface area contributed by atoms with Gasteiger partial charge in [-0.1, -0.05) is 26.0 Å². The predicted octanol–water partition coefficient (Wildman–Crippen LogP) is 2.25. The summed E-state index contributed by atoms with van der Waals surface area (Å²) in [5.41, 5.74) is 1.04. The van der Waals surface area contributed by atoms with Gasteiger partial charge in [-0.05, 0) is 29.5 Å². The Morgan fingerprint density at radius 2 is 1.82 bits per heavy atom. The van der Waals surface area contributed by atoms with Crippen molar-refractivity contribution in [2.24, 2.45) is 5.41 Å². The number of carboxylic acids is 1. The number of hydrogen-bond acceptors (Lipinski definition) is 3. The largest absolute Gasteiger partial charge is 0.478 e. The lowest BCUT2D eigenvalue weighted by molar-refractivity contribution is 0.0697. The van der Waals surface area contributed by atoms with E-state index in [2.05, 4.69) is 24.5 Å². The number of rotatable bonds is 8. The van der Waals surface area contributed by atoms with Crippen LogP contribution in [0.3, 0.4) is 0 Å². The van der Waals surface area contributed by atoms with Gasteiger partial charge in [0.05, 0.1) is 5.56 Å². The second-order valence-electron chi connectivity index (χ2n) is 5.95. The lowest BCUT2D eigenvalue weighted by atomic mass is 9.90. The summed E-state index contributed by atoms with van der Waals surface area (Å²) >= 11 is 0. The molecule has 0 saturated carbocycles. The van der Waals surface area contributed by atoms with Crippen molar-refractivity contribution in [3.8, 4) is 0 Å². The summed E-state index contributed by atoms with van der Waals surface area (Å²) < 4.78 is 5.05. The molecule has 0 atom stereocenters. The van der Waals surface area contributed by atoms with Gasteiger partial charge >= 0.3 is 12.0 Å². The van der Waals surface area contributed by atoms with E-state index < -0.39 is 5.97 Å². The maximum Gasteiger partial charge on any atom is 0.335 e. The molecule has 3 N–H and O–H groups in total. The zero-order chi connectivity index (χ0) is 16.6. The Balaban J connectivity index is 2.35. The van der Waals surface area contributed by atoms with E-state index in [-0.39, 0.29) is 17.0 Å². The summed E-state index contributed by atoms with van der Waals surface area (Å²) in [6.07, 6.45) is 0.862. The third-order valence-electron chi connectivity index (χ3n) is 3.36. The summed E-state index contributed by atoms with van der Waals surface area (Å²) in [6.45, 7) is 5.70. The van der Waals surface area contributed by atoms with E-state index in [4.69, 9.17) is 9.84 Å². The topological polar surface area (TPSA) is 87.7 Å². The molecule has 22 heavy (non-hydrogen) atoms. The number of benzene rings is 1. The Kier molecular flexibility index (Phi) is 6.85. The molecule has 0 unspecified atom stereocenters. The van der Waals surface area contributed by atoms with E-state index in [9.17, 15) is 9.59 Å². The van der Waals surface area contributed by atoms with Gasteiger partial charge in [0.2, 0.25) is 0 Å². The van der Waals surface area contributed by atoms with Crippen LogP contribution in [0.15, 0.2) is 24.3 Å². The first-order valence-corrected chi connectivity index (χ1v) is 7.17. The number of aromatic carboxylic acids is 1. The van der Waals surface area contributed by atoms with Gasteiger partial charge in [0.15, 0.2) is 0 Å². The summed E-state index contributed by atoms with van der Waals surface area (Å²) in [7, 11) is 1.66. The fourth-order valence-electron chi connectivity index (χ4n) is 1.80. The maximum absolute atomic E-state index is 11.8. The van der Waals surface area contributed by atoms with Gasteiger partial charge < -0.3 is 20.5 Å². The summed E-state index contributed by atoms with van der Waals surface area (Å²) in [5.74, 6) is -0.962. The highest BCUT2D eigenvalue weighted by Crippen LogP contribution is 2.18. The Bertz CT molecular complexity index is 497. The third kappa shape index (κ3) is 6.58. The van der Waals surface area contributed by atoms with Crippen LogP contribution >= 0.6 is 0 Å². The quantitative estimate of drug-likeness (QED) is 0.687. The van der Waals surface area contributed by atoms with E-state index in [0.717, 1.165) is 12.0 Å². The number of urea groups is 1. The Morgan fingerprint density at radius 1 is 1.18 bits per heavy atom. The van der Waals surface area contributed by atoms with Gasteiger partial charge in [0.1, 0.15) is 0 Å². The fourth-order valence-corrected chi connectivity index (χ4v) is 1.80. The van der Waals surface area contributed by atoms with E-state index in [1.807, 2.05) is 0 Å². The van der Waals surface area contributed by atoms with E-state index in [0.29, 0.717) is 19.7 Å². The monoisotopic (exact) mass is 308 g/mol. The average Bonchev–Trinajstić information content (AvgIpc) is 2.49. The van der Waals surface area contributed by atoms with Crippen LogP contribution in [-0.4, -0.2) is 37.4 Å². The van der Waals surface area contributed by atoms with Crippen molar-refractivity contribution in [2.45, 2.75) is 26.8 Å². The van der Waals surface area contributed by atoms with Crippen LogP contribution < -0.4 is 10.6 Å². The van der Waals surface area contributed by atoms with Crippen molar-refractivity contribution in [3.63, 3.8) is 0 Å². The highest BCUT2D eigenvalue weighted by molar-refractivity contribution is 5.87. The summed E-state index contributed by atoms with van der Waals surface area (Å²) in [6, 6.07) is 6.17. The second kappa shape index (κ2) is 8.38. The molecule has 1 aromatic carbocycles. The molecule has 0 spiro atoms. The highest BCUT2D eigenvalue weighted by Gasteiger charge is 2.18. The standard InChI is InChI=1S/C16H24N2O4/c1-16(2,8-9-22-3)11-18-15(21)17-10-12-4-6-13(7-5-12)14(19)20/h4-7H,8-11H2,1-3H3,(H,19,20)(H2,17,18,21). The molecule has 0 aromatic heterocycles. The molecular weight excluding hydrogens is 284 g/mol. The highest BCUT2D eigenvalue weighted by atomic mass is 16.5. The first-order valence-electron chi connectivity index (χ1n) is 7.17. The molecule has 0 fully saturated rings. The van der Waals surface area contributed by atoms with E-state index >= 15 is 0 Å². The number of ether oxygens (including phenoxy) is 1. The van der Waals surface area contributed by atoms with Crippen molar-refractivity contribution in [1.29, 1.82) is 0 Å². The summed E-state index contributed by atoms with van der Waals surface area (Å²) in [5, 5.41) is 14.4. The lowest BCUT2D eigenvalue weighted by Crippen LogP contribution is -2.40. The molecule has 1 rings (SSSR count).